The molecule has 7 nitrogen and oxygen atoms in total. The number of carbonyl (C=O) groups is 2. The van der Waals surface area contributed by atoms with Crippen molar-refractivity contribution >= 4 is 23.4 Å². The minimum atomic E-state index is -0.549. The Morgan fingerprint density at radius 1 is 1.07 bits per heavy atom. The van der Waals surface area contributed by atoms with E-state index in [0.29, 0.717) is 22.2 Å². The van der Waals surface area contributed by atoms with Crippen LogP contribution in [0.4, 0.5) is 0 Å². The van der Waals surface area contributed by atoms with Crippen LogP contribution >= 0.6 is 11.6 Å². The van der Waals surface area contributed by atoms with Gasteiger partial charge in [0.1, 0.15) is 22.8 Å². The molecule has 27 heavy (non-hydrogen) atoms. The van der Waals surface area contributed by atoms with Gasteiger partial charge in [-0.05, 0) is 25.1 Å². The van der Waals surface area contributed by atoms with Crippen LogP contribution in [0.5, 0.6) is 5.75 Å². The largest absolute Gasteiger partial charge is 0.496 e. The normalized spacial score (nSPS) is 10.3. The molecule has 1 heterocycles. The third-order valence-corrected chi connectivity index (χ3v) is 4.07. The van der Waals surface area contributed by atoms with Crippen LogP contribution in [0.3, 0.4) is 0 Å². The number of methoxy groups -OCH3 is 1. The van der Waals surface area contributed by atoms with Crippen molar-refractivity contribution in [3.63, 3.8) is 0 Å². The molecule has 3 aromatic rings. The van der Waals surface area contributed by atoms with E-state index in [9.17, 15) is 9.59 Å². The molecule has 0 saturated heterocycles. The van der Waals surface area contributed by atoms with E-state index in [1.54, 1.807) is 13.0 Å². The molecule has 0 aliphatic carbocycles. The molecule has 0 atom stereocenters. The molecule has 0 saturated carbocycles. The van der Waals surface area contributed by atoms with E-state index in [4.69, 9.17) is 20.9 Å². The van der Waals surface area contributed by atoms with Crippen LogP contribution in [0.25, 0.3) is 11.3 Å². The highest BCUT2D eigenvalue weighted by Crippen LogP contribution is 2.25. The number of nitrogens with one attached hydrogen (secondary N) is 2. The van der Waals surface area contributed by atoms with Crippen molar-refractivity contribution in [3.05, 3.63) is 70.4 Å². The summed E-state index contributed by atoms with van der Waals surface area (Å²) in [7, 11) is 1.42. The minimum absolute atomic E-state index is 0.229. The Bertz CT molecular complexity index is 986. The molecule has 8 heteroatoms. The Kier molecular flexibility index (Phi) is 5.42. The van der Waals surface area contributed by atoms with E-state index in [-0.39, 0.29) is 11.1 Å². The lowest BCUT2D eigenvalue weighted by Gasteiger charge is -2.11. The van der Waals surface area contributed by atoms with Crippen LogP contribution in [0.2, 0.25) is 5.02 Å². The Morgan fingerprint density at radius 3 is 2.48 bits per heavy atom. The highest BCUT2D eigenvalue weighted by molar-refractivity contribution is 6.30. The van der Waals surface area contributed by atoms with Crippen molar-refractivity contribution in [2.75, 3.05) is 7.11 Å². The van der Waals surface area contributed by atoms with E-state index in [1.165, 1.54) is 19.2 Å². The van der Waals surface area contributed by atoms with Crippen molar-refractivity contribution < 1.29 is 18.8 Å². The summed E-state index contributed by atoms with van der Waals surface area (Å²) in [5.74, 6) is -0.467. The molecule has 0 unspecified atom stereocenters. The zero-order valence-electron chi connectivity index (χ0n) is 14.6. The summed E-state index contributed by atoms with van der Waals surface area (Å²) >= 11 is 5.89. The van der Waals surface area contributed by atoms with Gasteiger partial charge in [0.2, 0.25) is 0 Å². The Hall–Kier alpha value is -3.32. The maximum absolute atomic E-state index is 12.6. The maximum Gasteiger partial charge on any atom is 0.275 e. The molecule has 2 amide bonds. The lowest BCUT2D eigenvalue weighted by molar-refractivity contribution is 0.0844. The average molecular weight is 386 g/mol. The summed E-state index contributed by atoms with van der Waals surface area (Å²) < 4.78 is 10.3. The van der Waals surface area contributed by atoms with Gasteiger partial charge in [-0.25, -0.2) is 0 Å². The van der Waals surface area contributed by atoms with Gasteiger partial charge in [0.25, 0.3) is 11.8 Å². The fourth-order valence-corrected chi connectivity index (χ4v) is 2.69. The molecule has 2 N–H and O–H groups in total. The van der Waals surface area contributed by atoms with Gasteiger partial charge in [-0.3, -0.25) is 20.4 Å². The van der Waals surface area contributed by atoms with E-state index in [2.05, 4.69) is 16.0 Å². The number of hydrazine groups is 1. The quantitative estimate of drug-likeness (QED) is 0.671. The number of hydrogen-bond donors (Lipinski definition) is 2. The number of benzene rings is 2. The average Bonchev–Trinajstić information content (AvgIpc) is 3.08. The summed E-state index contributed by atoms with van der Waals surface area (Å²) in [6, 6.07) is 13.7. The van der Waals surface area contributed by atoms with Crippen LogP contribution in [0.15, 0.2) is 53.1 Å². The third-order valence-electron chi connectivity index (χ3n) is 3.83. The van der Waals surface area contributed by atoms with Crippen LogP contribution in [-0.2, 0) is 0 Å². The van der Waals surface area contributed by atoms with E-state index in [1.807, 2.05) is 30.3 Å². The van der Waals surface area contributed by atoms with Gasteiger partial charge in [0, 0.05) is 10.6 Å². The zero-order chi connectivity index (χ0) is 19.4. The van der Waals surface area contributed by atoms with Crippen LogP contribution in [-0.4, -0.2) is 24.1 Å². The lowest BCUT2D eigenvalue weighted by Crippen LogP contribution is -2.42. The smallest absolute Gasteiger partial charge is 0.275 e. The van der Waals surface area contributed by atoms with Gasteiger partial charge in [-0.15, -0.1) is 0 Å². The van der Waals surface area contributed by atoms with Crippen molar-refractivity contribution in [2.45, 2.75) is 6.92 Å². The van der Waals surface area contributed by atoms with Crippen molar-refractivity contribution in [1.82, 2.24) is 16.0 Å². The van der Waals surface area contributed by atoms with Crippen molar-refractivity contribution in [1.29, 1.82) is 0 Å². The highest BCUT2D eigenvalue weighted by atomic mass is 35.5. The summed E-state index contributed by atoms with van der Waals surface area (Å²) in [5, 5.41) is 4.38. The number of carbonyl (C=O) groups excluding carboxylic acids is 2. The topological polar surface area (TPSA) is 93.5 Å². The number of nitrogens with zero attached hydrogens (tertiary/aromatic N) is 1. The number of aromatic nitrogens is 1. The van der Waals surface area contributed by atoms with E-state index >= 15 is 0 Å². The number of rotatable bonds is 4. The molecule has 0 aliphatic rings. The first-order valence-corrected chi connectivity index (χ1v) is 8.35. The second-order valence-electron chi connectivity index (χ2n) is 5.58. The van der Waals surface area contributed by atoms with E-state index < -0.39 is 11.8 Å². The second-order valence-corrected chi connectivity index (χ2v) is 6.02. The van der Waals surface area contributed by atoms with Gasteiger partial charge < -0.3 is 9.26 Å². The first-order valence-electron chi connectivity index (χ1n) is 7.97. The Labute approximate surface area is 160 Å². The molecule has 3 rings (SSSR count). The number of aryl methyl sites for hydroxylation is 1. The van der Waals surface area contributed by atoms with Crippen LogP contribution < -0.4 is 15.6 Å². The number of amides is 2. The highest BCUT2D eigenvalue weighted by Gasteiger charge is 2.22. The second kappa shape index (κ2) is 7.92. The Morgan fingerprint density at radius 2 is 1.78 bits per heavy atom. The molecular weight excluding hydrogens is 370 g/mol. The summed E-state index contributed by atoms with van der Waals surface area (Å²) in [6.07, 6.45) is 0. The van der Waals surface area contributed by atoms with Crippen molar-refractivity contribution in [2.24, 2.45) is 0 Å². The molecule has 0 fully saturated rings. The van der Waals surface area contributed by atoms with Gasteiger partial charge in [-0.1, -0.05) is 47.1 Å². The van der Waals surface area contributed by atoms with Gasteiger partial charge in [0.05, 0.1) is 12.7 Å². The lowest BCUT2D eigenvalue weighted by atomic mass is 10.1. The zero-order valence-corrected chi connectivity index (χ0v) is 15.3. The van der Waals surface area contributed by atoms with E-state index in [0.717, 1.165) is 5.56 Å². The van der Waals surface area contributed by atoms with Gasteiger partial charge in [-0.2, -0.15) is 0 Å². The first kappa shape index (κ1) is 18.5. The maximum atomic E-state index is 12.6. The summed E-state index contributed by atoms with van der Waals surface area (Å²) in [5.41, 5.74) is 6.32. The van der Waals surface area contributed by atoms with Gasteiger partial charge >= 0.3 is 0 Å². The molecule has 0 spiro atoms. The summed E-state index contributed by atoms with van der Waals surface area (Å²) in [6.45, 7) is 1.62. The van der Waals surface area contributed by atoms with Crippen LogP contribution in [0, 0.1) is 6.92 Å². The van der Waals surface area contributed by atoms with Crippen molar-refractivity contribution in [3.8, 4) is 17.0 Å². The molecule has 1 aromatic heterocycles. The minimum Gasteiger partial charge on any atom is -0.496 e. The molecular formula is C19H16ClN3O4. The molecule has 138 valence electrons. The molecule has 0 aliphatic heterocycles. The Balaban J connectivity index is 1.78. The fourth-order valence-electron chi connectivity index (χ4n) is 2.53. The number of hydrogen-bond acceptors (Lipinski definition) is 5. The molecule has 0 bridgehead atoms. The predicted octanol–water partition coefficient (Wildman–Crippen LogP) is 3.39. The number of halogens is 1. The fraction of sp³-hybridized carbons (Fsp3) is 0.105. The third kappa shape index (κ3) is 3.93. The number of ether oxygens (including phenoxy) is 1. The van der Waals surface area contributed by atoms with Crippen LogP contribution in [0.1, 0.15) is 26.5 Å². The monoisotopic (exact) mass is 385 g/mol. The predicted molar refractivity (Wildman–Crippen MR) is 99.6 cm³/mol. The van der Waals surface area contributed by atoms with Gasteiger partial charge in [0.15, 0.2) is 0 Å². The summed E-state index contributed by atoms with van der Waals surface area (Å²) in [4.78, 5) is 24.9. The first-order chi connectivity index (χ1) is 13.0. The standard InChI is InChI=1S/C19H16ClN3O4/c1-11-16(17(23-27-11)12-6-4-3-5-7-12)19(25)22-21-18(24)14-9-8-13(20)10-15(14)26-2/h3-10H,1-2H3,(H,21,24)(H,22,25). The molecule has 2 aromatic carbocycles. The molecule has 0 radical (unpaired) electrons. The SMILES string of the molecule is COc1cc(Cl)ccc1C(=O)NNC(=O)c1c(-c2ccccc2)noc1C.